The summed E-state index contributed by atoms with van der Waals surface area (Å²) >= 11 is 0. The van der Waals surface area contributed by atoms with Crippen molar-refractivity contribution in [3.05, 3.63) is 103 Å². The fraction of sp³-hybridized carbons (Fsp3) is 0.0400. The van der Waals surface area contributed by atoms with E-state index in [-0.39, 0.29) is 0 Å². The SMILES string of the molecule is Cc1cccc2c1c1cccc(-c3ccccc3)c1n2-c1ccccc1. The van der Waals surface area contributed by atoms with Crippen LogP contribution in [0.15, 0.2) is 97.1 Å². The normalized spacial score (nSPS) is 11.3. The van der Waals surface area contributed by atoms with Crippen molar-refractivity contribution in [2.75, 3.05) is 0 Å². The Morgan fingerprint density at radius 3 is 2.08 bits per heavy atom. The van der Waals surface area contributed by atoms with Gasteiger partial charge in [0.15, 0.2) is 0 Å². The van der Waals surface area contributed by atoms with Crippen LogP contribution in [-0.2, 0) is 0 Å². The van der Waals surface area contributed by atoms with Crippen LogP contribution in [0.25, 0.3) is 38.6 Å². The molecule has 4 aromatic carbocycles. The maximum absolute atomic E-state index is 2.40. The minimum Gasteiger partial charge on any atom is -0.309 e. The molecule has 1 heterocycles. The maximum Gasteiger partial charge on any atom is 0.0619 e. The van der Waals surface area contributed by atoms with Gasteiger partial charge in [0.25, 0.3) is 0 Å². The highest BCUT2D eigenvalue weighted by Gasteiger charge is 2.16. The lowest BCUT2D eigenvalue weighted by Gasteiger charge is -2.11. The van der Waals surface area contributed by atoms with Gasteiger partial charge in [0.05, 0.1) is 11.0 Å². The molecule has 0 bridgehead atoms. The second-order valence-electron chi connectivity index (χ2n) is 6.71. The standard InChI is InChI=1S/C25H19N/c1-18-10-8-17-23-24(18)22-16-9-15-21(19-11-4-2-5-12-19)25(22)26(23)20-13-6-3-7-14-20/h2-17H,1H3. The Morgan fingerprint density at radius 2 is 1.31 bits per heavy atom. The summed E-state index contributed by atoms with van der Waals surface area (Å²) in [6.07, 6.45) is 0. The number of hydrogen-bond acceptors (Lipinski definition) is 0. The van der Waals surface area contributed by atoms with Crippen LogP contribution in [0.2, 0.25) is 0 Å². The minimum absolute atomic E-state index is 1.20. The largest absolute Gasteiger partial charge is 0.309 e. The number of rotatable bonds is 2. The Kier molecular flexibility index (Phi) is 3.39. The fourth-order valence-corrected chi connectivity index (χ4v) is 3.99. The van der Waals surface area contributed by atoms with Gasteiger partial charge in [-0.25, -0.2) is 0 Å². The fourth-order valence-electron chi connectivity index (χ4n) is 3.99. The first kappa shape index (κ1) is 15.0. The molecule has 0 aliphatic carbocycles. The second kappa shape index (κ2) is 5.89. The van der Waals surface area contributed by atoms with E-state index in [4.69, 9.17) is 0 Å². The van der Waals surface area contributed by atoms with Crippen LogP contribution in [0.5, 0.6) is 0 Å². The second-order valence-corrected chi connectivity index (χ2v) is 6.71. The third-order valence-corrected chi connectivity index (χ3v) is 5.12. The third-order valence-electron chi connectivity index (χ3n) is 5.12. The zero-order valence-electron chi connectivity index (χ0n) is 14.7. The van der Waals surface area contributed by atoms with Crippen LogP contribution >= 0.6 is 0 Å². The van der Waals surface area contributed by atoms with Gasteiger partial charge in [-0.15, -0.1) is 0 Å². The van der Waals surface area contributed by atoms with Gasteiger partial charge in [-0.2, -0.15) is 0 Å². The lowest BCUT2D eigenvalue weighted by Crippen LogP contribution is -1.95. The maximum atomic E-state index is 2.40. The topological polar surface area (TPSA) is 4.93 Å². The van der Waals surface area contributed by atoms with Crippen LogP contribution < -0.4 is 0 Å². The van der Waals surface area contributed by atoms with E-state index >= 15 is 0 Å². The lowest BCUT2D eigenvalue weighted by molar-refractivity contribution is 1.18. The number of aromatic nitrogens is 1. The molecule has 5 aromatic rings. The molecule has 0 radical (unpaired) electrons. The van der Waals surface area contributed by atoms with Gasteiger partial charge < -0.3 is 4.57 Å². The predicted molar refractivity (Wildman–Crippen MR) is 111 cm³/mol. The number of aryl methyl sites for hydroxylation is 1. The quantitative estimate of drug-likeness (QED) is 0.336. The molecular weight excluding hydrogens is 314 g/mol. The van der Waals surface area contributed by atoms with Crippen LogP contribution in [0, 0.1) is 6.92 Å². The van der Waals surface area contributed by atoms with E-state index in [2.05, 4.69) is 109 Å². The Bertz CT molecular complexity index is 1210. The van der Waals surface area contributed by atoms with Gasteiger partial charge >= 0.3 is 0 Å². The number of benzene rings is 4. The highest BCUT2D eigenvalue weighted by Crippen LogP contribution is 2.39. The molecule has 0 saturated carbocycles. The molecule has 0 aliphatic heterocycles. The van der Waals surface area contributed by atoms with Crippen LogP contribution in [0.4, 0.5) is 0 Å². The van der Waals surface area contributed by atoms with E-state index in [0.717, 1.165) is 0 Å². The van der Waals surface area contributed by atoms with E-state index in [1.165, 1.54) is 44.2 Å². The Morgan fingerprint density at radius 1 is 0.615 bits per heavy atom. The average molecular weight is 333 g/mol. The molecule has 1 aromatic heterocycles. The first-order valence-corrected chi connectivity index (χ1v) is 8.98. The zero-order valence-corrected chi connectivity index (χ0v) is 14.7. The highest BCUT2D eigenvalue weighted by molar-refractivity contribution is 6.14. The van der Waals surface area contributed by atoms with E-state index in [0.29, 0.717) is 0 Å². The molecule has 0 atom stereocenters. The molecule has 1 nitrogen and oxygen atoms in total. The molecule has 0 saturated heterocycles. The molecule has 26 heavy (non-hydrogen) atoms. The molecular formula is C25H19N. The van der Waals surface area contributed by atoms with Crippen LogP contribution in [-0.4, -0.2) is 4.57 Å². The van der Waals surface area contributed by atoms with Crippen molar-refractivity contribution in [1.29, 1.82) is 0 Å². The Labute approximate surface area is 153 Å². The molecule has 0 amide bonds. The molecule has 124 valence electrons. The van der Waals surface area contributed by atoms with Gasteiger partial charge in [0.1, 0.15) is 0 Å². The zero-order chi connectivity index (χ0) is 17.5. The Hall–Kier alpha value is -3.32. The van der Waals surface area contributed by atoms with Crippen molar-refractivity contribution in [2.45, 2.75) is 6.92 Å². The van der Waals surface area contributed by atoms with Gasteiger partial charge in [0, 0.05) is 22.0 Å². The monoisotopic (exact) mass is 333 g/mol. The Balaban J connectivity index is 2.02. The van der Waals surface area contributed by atoms with E-state index in [1.807, 2.05) is 0 Å². The molecule has 0 spiro atoms. The molecule has 1 heteroatoms. The number of para-hydroxylation sites is 2. The summed E-state index contributed by atoms with van der Waals surface area (Å²) in [5.41, 5.74) is 7.55. The summed E-state index contributed by atoms with van der Waals surface area (Å²) in [5.74, 6) is 0. The van der Waals surface area contributed by atoms with E-state index in [1.54, 1.807) is 0 Å². The summed E-state index contributed by atoms with van der Waals surface area (Å²) in [6, 6.07) is 34.5. The van der Waals surface area contributed by atoms with E-state index < -0.39 is 0 Å². The smallest absolute Gasteiger partial charge is 0.0619 e. The van der Waals surface area contributed by atoms with Crippen molar-refractivity contribution in [1.82, 2.24) is 4.57 Å². The number of hydrogen-bond donors (Lipinski definition) is 0. The van der Waals surface area contributed by atoms with Crippen molar-refractivity contribution < 1.29 is 0 Å². The first-order valence-electron chi connectivity index (χ1n) is 8.98. The first-order chi connectivity index (χ1) is 12.8. The predicted octanol–water partition coefficient (Wildman–Crippen LogP) is 6.76. The summed E-state index contributed by atoms with van der Waals surface area (Å²) in [4.78, 5) is 0. The third kappa shape index (κ3) is 2.18. The molecule has 0 N–H and O–H groups in total. The van der Waals surface area contributed by atoms with Crippen molar-refractivity contribution >= 4 is 21.8 Å². The molecule has 0 aliphatic rings. The average Bonchev–Trinajstić information content (AvgIpc) is 3.05. The molecule has 0 fully saturated rings. The van der Waals surface area contributed by atoms with Crippen molar-refractivity contribution in [2.24, 2.45) is 0 Å². The van der Waals surface area contributed by atoms with Crippen LogP contribution in [0.1, 0.15) is 5.56 Å². The minimum atomic E-state index is 1.20. The van der Waals surface area contributed by atoms with Crippen LogP contribution in [0.3, 0.4) is 0 Å². The van der Waals surface area contributed by atoms with Gasteiger partial charge in [-0.05, 0) is 36.2 Å². The van der Waals surface area contributed by atoms with Crippen molar-refractivity contribution in [3.8, 4) is 16.8 Å². The summed E-state index contributed by atoms with van der Waals surface area (Å²) in [5, 5.41) is 2.65. The highest BCUT2D eigenvalue weighted by atomic mass is 15.0. The summed E-state index contributed by atoms with van der Waals surface area (Å²) in [6.45, 7) is 2.20. The summed E-state index contributed by atoms with van der Waals surface area (Å²) < 4.78 is 2.40. The number of nitrogens with zero attached hydrogens (tertiary/aromatic N) is 1. The van der Waals surface area contributed by atoms with Gasteiger partial charge in [-0.3, -0.25) is 0 Å². The van der Waals surface area contributed by atoms with E-state index in [9.17, 15) is 0 Å². The lowest BCUT2D eigenvalue weighted by atomic mass is 10.0. The molecule has 5 rings (SSSR count). The van der Waals surface area contributed by atoms with Crippen molar-refractivity contribution in [3.63, 3.8) is 0 Å². The number of fused-ring (bicyclic) bond motifs is 3. The molecule has 0 unspecified atom stereocenters. The van der Waals surface area contributed by atoms with Gasteiger partial charge in [0.2, 0.25) is 0 Å². The van der Waals surface area contributed by atoms with Gasteiger partial charge in [-0.1, -0.05) is 78.9 Å². The summed E-state index contributed by atoms with van der Waals surface area (Å²) in [7, 11) is 0.